The first-order valence-corrected chi connectivity index (χ1v) is 5.05. The Kier molecular flexibility index (Phi) is 4.15. The van der Waals surface area contributed by atoms with Gasteiger partial charge in [-0.2, -0.15) is 13.9 Å². The summed E-state index contributed by atoms with van der Waals surface area (Å²) in [5.41, 5.74) is 5.31. The zero-order valence-electron chi connectivity index (χ0n) is 9.46. The van der Waals surface area contributed by atoms with Crippen LogP contribution in [-0.2, 0) is 6.54 Å². The fraction of sp³-hybridized carbons (Fsp3) is 0.556. The number of amides is 1. The van der Waals surface area contributed by atoms with Crippen LogP contribution in [0, 0.1) is 0 Å². The Balaban J connectivity index is 2.75. The van der Waals surface area contributed by atoms with Crippen LogP contribution in [-0.4, -0.2) is 34.6 Å². The van der Waals surface area contributed by atoms with E-state index < -0.39 is 24.8 Å². The molecule has 102 valence electrons. The van der Waals surface area contributed by atoms with E-state index in [0.717, 1.165) is 0 Å². The van der Waals surface area contributed by atoms with E-state index in [0.29, 0.717) is 6.54 Å². The third-order valence-electron chi connectivity index (χ3n) is 2.19. The molecule has 0 aliphatic heterocycles. The molecule has 0 saturated heterocycles. The normalized spacial score (nSPS) is 11.9. The van der Waals surface area contributed by atoms with Gasteiger partial charge < -0.3 is 11.1 Å². The predicted molar refractivity (Wildman–Crippen MR) is 55.6 cm³/mol. The molecule has 0 atom stereocenters. The van der Waals surface area contributed by atoms with Gasteiger partial charge in [0.25, 0.3) is 5.91 Å². The van der Waals surface area contributed by atoms with Crippen molar-refractivity contribution in [1.82, 2.24) is 15.1 Å². The third kappa shape index (κ3) is 2.90. The molecule has 0 saturated carbocycles. The molecule has 0 aliphatic carbocycles. The number of nitrogens with zero attached hydrogens (tertiary/aromatic N) is 2. The van der Waals surface area contributed by atoms with Crippen LogP contribution in [0.1, 0.15) is 17.4 Å². The van der Waals surface area contributed by atoms with Gasteiger partial charge in [0.05, 0.1) is 18.4 Å². The number of nitrogens with two attached hydrogens (primary N) is 1. The van der Waals surface area contributed by atoms with Gasteiger partial charge in [-0.15, -0.1) is 0 Å². The summed E-state index contributed by atoms with van der Waals surface area (Å²) in [6.45, 7) is 0.500. The quantitative estimate of drug-likeness (QED) is 0.786. The first-order valence-electron chi connectivity index (χ1n) is 5.05. The number of nitrogen functional groups attached to an aromatic ring is 1. The van der Waals surface area contributed by atoms with Crippen molar-refractivity contribution in [1.29, 1.82) is 0 Å². The highest BCUT2D eigenvalue weighted by atomic mass is 19.3. The number of aryl methyl sites for hydroxylation is 1. The van der Waals surface area contributed by atoms with Crippen molar-refractivity contribution in [2.75, 3.05) is 12.3 Å². The van der Waals surface area contributed by atoms with Crippen LogP contribution in [0.5, 0.6) is 0 Å². The van der Waals surface area contributed by atoms with E-state index in [2.05, 4.69) is 5.10 Å². The lowest BCUT2D eigenvalue weighted by atomic mass is 10.3. The van der Waals surface area contributed by atoms with E-state index in [1.807, 2.05) is 0 Å². The van der Waals surface area contributed by atoms with Crippen molar-refractivity contribution in [3.8, 4) is 0 Å². The van der Waals surface area contributed by atoms with Crippen molar-refractivity contribution in [2.24, 2.45) is 0 Å². The molecule has 5 nitrogen and oxygen atoms in total. The van der Waals surface area contributed by atoms with E-state index in [1.54, 1.807) is 12.2 Å². The summed E-state index contributed by atoms with van der Waals surface area (Å²) in [7, 11) is 0. The Labute approximate surface area is 99.9 Å². The van der Waals surface area contributed by atoms with Crippen LogP contribution in [0.3, 0.4) is 0 Å². The number of halogens is 4. The lowest BCUT2D eigenvalue weighted by molar-refractivity contribution is -0.123. The monoisotopic (exact) mass is 268 g/mol. The average molecular weight is 268 g/mol. The van der Waals surface area contributed by atoms with Gasteiger partial charge >= 0.3 is 12.3 Å². The number of anilines is 1. The van der Waals surface area contributed by atoms with Gasteiger partial charge in [-0.05, 0) is 6.92 Å². The van der Waals surface area contributed by atoms with Crippen LogP contribution < -0.4 is 11.1 Å². The minimum Gasteiger partial charge on any atom is -0.396 e. The first kappa shape index (κ1) is 14.3. The minimum absolute atomic E-state index is 0.00490. The highest BCUT2D eigenvalue weighted by Gasteiger charge is 2.41. The van der Waals surface area contributed by atoms with Crippen molar-refractivity contribution in [3.63, 3.8) is 0 Å². The van der Waals surface area contributed by atoms with Crippen molar-refractivity contribution in [3.05, 3.63) is 11.9 Å². The highest BCUT2D eigenvalue weighted by molar-refractivity contribution is 5.97. The molecule has 0 bridgehead atoms. The van der Waals surface area contributed by atoms with Crippen molar-refractivity contribution >= 4 is 11.6 Å². The summed E-state index contributed by atoms with van der Waals surface area (Å²) >= 11 is 0. The van der Waals surface area contributed by atoms with Crippen LogP contribution in [0.15, 0.2) is 6.20 Å². The number of rotatable bonds is 5. The molecular formula is C9H12F4N4O. The Bertz CT molecular complexity index is 432. The molecule has 1 heterocycles. The van der Waals surface area contributed by atoms with E-state index in [1.165, 1.54) is 10.9 Å². The standard InChI is InChI=1S/C9H12F4N4O/c1-2-17-6(5(14)3-16-17)7(18)15-4-9(12,13)8(10)11/h3,8H,2,4,14H2,1H3,(H,15,18). The molecule has 1 rings (SSSR count). The van der Waals surface area contributed by atoms with E-state index in [-0.39, 0.29) is 11.4 Å². The molecule has 0 fully saturated rings. The largest absolute Gasteiger partial charge is 0.396 e. The van der Waals surface area contributed by atoms with Crippen LogP contribution in [0.25, 0.3) is 0 Å². The summed E-state index contributed by atoms with van der Waals surface area (Å²) in [4.78, 5) is 11.5. The lowest BCUT2D eigenvalue weighted by Gasteiger charge is -2.16. The van der Waals surface area contributed by atoms with Gasteiger partial charge in [0, 0.05) is 6.54 Å². The lowest BCUT2D eigenvalue weighted by Crippen LogP contribution is -2.42. The Morgan fingerprint density at radius 2 is 2.22 bits per heavy atom. The molecule has 18 heavy (non-hydrogen) atoms. The third-order valence-corrected chi connectivity index (χ3v) is 2.19. The number of carbonyl (C=O) groups is 1. The first-order chi connectivity index (χ1) is 8.29. The highest BCUT2D eigenvalue weighted by Crippen LogP contribution is 2.21. The number of carbonyl (C=O) groups excluding carboxylic acids is 1. The molecular weight excluding hydrogens is 256 g/mol. The molecule has 0 spiro atoms. The van der Waals surface area contributed by atoms with Crippen LogP contribution >= 0.6 is 0 Å². The minimum atomic E-state index is -4.28. The molecule has 0 radical (unpaired) electrons. The molecule has 1 amide bonds. The zero-order chi connectivity index (χ0) is 13.9. The van der Waals surface area contributed by atoms with Gasteiger partial charge in [0.1, 0.15) is 5.69 Å². The summed E-state index contributed by atoms with van der Waals surface area (Å²) < 4.78 is 50.2. The van der Waals surface area contributed by atoms with Crippen molar-refractivity contribution in [2.45, 2.75) is 25.8 Å². The molecule has 1 aromatic heterocycles. The Morgan fingerprint density at radius 3 is 2.72 bits per heavy atom. The maximum absolute atomic E-state index is 12.6. The second-order valence-electron chi connectivity index (χ2n) is 3.51. The SMILES string of the molecule is CCn1ncc(N)c1C(=O)NCC(F)(F)C(F)F. The molecule has 9 heteroatoms. The number of alkyl halides is 4. The number of aromatic nitrogens is 2. The predicted octanol–water partition coefficient (Wildman–Crippen LogP) is 1.12. The fourth-order valence-corrected chi connectivity index (χ4v) is 1.25. The van der Waals surface area contributed by atoms with Gasteiger partial charge in [0.15, 0.2) is 0 Å². The van der Waals surface area contributed by atoms with Gasteiger partial charge in [-0.1, -0.05) is 0 Å². The topological polar surface area (TPSA) is 72.9 Å². The van der Waals surface area contributed by atoms with E-state index in [9.17, 15) is 22.4 Å². The second-order valence-corrected chi connectivity index (χ2v) is 3.51. The van der Waals surface area contributed by atoms with Gasteiger partial charge in [0.2, 0.25) is 0 Å². The Hall–Kier alpha value is -1.80. The van der Waals surface area contributed by atoms with Gasteiger partial charge in [-0.25, -0.2) is 8.78 Å². The van der Waals surface area contributed by atoms with E-state index in [4.69, 9.17) is 5.73 Å². The average Bonchev–Trinajstić information content (AvgIpc) is 2.67. The maximum Gasteiger partial charge on any atom is 0.324 e. The summed E-state index contributed by atoms with van der Waals surface area (Å²) in [5.74, 6) is -5.24. The summed E-state index contributed by atoms with van der Waals surface area (Å²) in [5, 5.41) is 5.44. The number of hydrogen-bond donors (Lipinski definition) is 2. The second kappa shape index (κ2) is 5.23. The van der Waals surface area contributed by atoms with E-state index >= 15 is 0 Å². The number of nitrogens with one attached hydrogen (secondary N) is 1. The molecule has 0 unspecified atom stereocenters. The fourth-order valence-electron chi connectivity index (χ4n) is 1.25. The van der Waals surface area contributed by atoms with Crippen LogP contribution in [0.4, 0.5) is 23.2 Å². The maximum atomic E-state index is 12.6. The number of hydrogen-bond acceptors (Lipinski definition) is 3. The summed E-state index contributed by atoms with van der Waals surface area (Å²) in [6, 6.07) is 0. The molecule has 0 aromatic carbocycles. The van der Waals surface area contributed by atoms with Gasteiger partial charge in [-0.3, -0.25) is 9.48 Å². The smallest absolute Gasteiger partial charge is 0.324 e. The Morgan fingerprint density at radius 1 is 1.61 bits per heavy atom. The van der Waals surface area contributed by atoms with Crippen molar-refractivity contribution < 1.29 is 22.4 Å². The van der Waals surface area contributed by atoms with Crippen LogP contribution in [0.2, 0.25) is 0 Å². The molecule has 1 aromatic rings. The zero-order valence-corrected chi connectivity index (χ0v) is 9.46. The summed E-state index contributed by atoms with van der Waals surface area (Å²) in [6.07, 6.45) is -2.66. The molecule has 0 aliphatic rings. The molecule has 3 N–H and O–H groups in total.